The van der Waals surface area contributed by atoms with E-state index in [1.807, 2.05) is 12.1 Å². The molecule has 1 N–H and O–H groups in total. The number of hydrogen-bond donors (Lipinski definition) is 1. The van der Waals surface area contributed by atoms with Gasteiger partial charge in [-0.2, -0.15) is 0 Å². The second kappa shape index (κ2) is 5.55. The van der Waals surface area contributed by atoms with E-state index in [0.717, 1.165) is 12.8 Å². The zero-order valence-corrected chi connectivity index (χ0v) is 11.8. The van der Waals surface area contributed by atoms with E-state index in [2.05, 4.69) is 12.1 Å². The number of aryl methyl sites for hydroxylation is 1. The molecule has 0 radical (unpaired) electrons. The van der Waals surface area contributed by atoms with Gasteiger partial charge in [-0.1, -0.05) is 41.9 Å². The van der Waals surface area contributed by atoms with Crippen LogP contribution >= 0.6 is 11.6 Å². The van der Waals surface area contributed by atoms with Gasteiger partial charge in [0, 0.05) is 17.4 Å². The van der Waals surface area contributed by atoms with Crippen molar-refractivity contribution in [3.8, 4) is 0 Å². The van der Waals surface area contributed by atoms with Gasteiger partial charge in [-0.15, -0.1) is 0 Å². The van der Waals surface area contributed by atoms with Gasteiger partial charge in [-0.3, -0.25) is 0 Å². The predicted octanol–water partition coefficient (Wildman–Crippen LogP) is 4.11. The van der Waals surface area contributed by atoms with E-state index in [0.29, 0.717) is 17.0 Å². The molecular formula is C17H16ClFO. The van der Waals surface area contributed by atoms with Gasteiger partial charge >= 0.3 is 0 Å². The van der Waals surface area contributed by atoms with Crippen LogP contribution in [0.5, 0.6) is 0 Å². The van der Waals surface area contributed by atoms with Crippen molar-refractivity contribution in [3.05, 3.63) is 70.0 Å². The fraction of sp³-hybridized carbons (Fsp3) is 0.294. The Morgan fingerprint density at radius 3 is 2.85 bits per heavy atom. The number of fused-ring (bicyclic) bond motifs is 1. The molecule has 0 aromatic heterocycles. The summed E-state index contributed by atoms with van der Waals surface area (Å²) < 4.78 is 13.8. The molecule has 0 heterocycles. The molecule has 104 valence electrons. The lowest BCUT2D eigenvalue weighted by atomic mass is 9.91. The van der Waals surface area contributed by atoms with Crippen molar-refractivity contribution < 1.29 is 9.50 Å². The van der Waals surface area contributed by atoms with E-state index in [9.17, 15) is 9.50 Å². The molecule has 2 atom stereocenters. The quantitative estimate of drug-likeness (QED) is 0.902. The highest BCUT2D eigenvalue weighted by Gasteiger charge is 2.28. The lowest BCUT2D eigenvalue weighted by Gasteiger charge is -2.19. The average Bonchev–Trinajstić information content (AvgIpc) is 2.86. The van der Waals surface area contributed by atoms with E-state index in [1.54, 1.807) is 12.1 Å². The Bertz CT molecular complexity index is 626. The lowest BCUT2D eigenvalue weighted by molar-refractivity contribution is 0.142. The van der Waals surface area contributed by atoms with Crippen molar-refractivity contribution in [1.29, 1.82) is 0 Å². The Morgan fingerprint density at radius 2 is 2.05 bits per heavy atom. The van der Waals surface area contributed by atoms with Crippen molar-refractivity contribution >= 4 is 11.6 Å². The van der Waals surface area contributed by atoms with Gasteiger partial charge in [0.1, 0.15) is 5.82 Å². The number of rotatable bonds is 3. The highest BCUT2D eigenvalue weighted by molar-refractivity contribution is 6.30. The summed E-state index contributed by atoms with van der Waals surface area (Å²) in [5.41, 5.74) is 3.02. The van der Waals surface area contributed by atoms with Crippen LogP contribution in [0.2, 0.25) is 5.02 Å². The summed E-state index contributed by atoms with van der Waals surface area (Å²) in [5.74, 6) is -0.246. The van der Waals surface area contributed by atoms with Crippen molar-refractivity contribution in [2.45, 2.75) is 31.3 Å². The highest BCUT2D eigenvalue weighted by Crippen LogP contribution is 2.36. The zero-order valence-electron chi connectivity index (χ0n) is 11.0. The minimum Gasteiger partial charge on any atom is -0.392 e. The maximum atomic E-state index is 13.8. The molecule has 0 saturated carbocycles. The molecule has 20 heavy (non-hydrogen) atoms. The Labute approximate surface area is 123 Å². The van der Waals surface area contributed by atoms with Crippen molar-refractivity contribution in [2.75, 3.05) is 0 Å². The van der Waals surface area contributed by atoms with Gasteiger partial charge in [0.15, 0.2) is 0 Å². The topological polar surface area (TPSA) is 20.2 Å². The van der Waals surface area contributed by atoms with E-state index in [4.69, 9.17) is 11.6 Å². The van der Waals surface area contributed by atoms with Gasteiger partial charge in [-0.05, 0) is 41.7 Å². The van der Waals surface area contributed by atoms with Gasteiger partial charge in [0.05, 0.1) is 6.10 Å². The average molecular weight is 291 g/mol. The minimum absolute atomic E-state index is 0.0984. The number of benzene rings is 2. The zero-order chi connectivity index (χ0) is 14.1. The first kappa shape index (κ1) is 13.6. The summed E-state index contributed by atoms with van der Waals surface area (Å²) >= 11 is 5.75. The van der Waals surface area contributed by atoms with Gasteiger partial charge < -0.3 is 5.11 Å². The fourth-order valence-corrected chi connectivity index (χ4v) is 3.20. The summed E-state index contributed by atoms with van der Waals surface area (Å²) in [4.78, 5) is 0. The van der Waals surface area contributed by atoms with Crippen molar-refractivity contribution in [3.63, 3.8) is 0 Å². The predicted molar refractivity (Wildman–Crippen MR) is 78.6 cm³/mol. The third-order valence-electron chi connectivity index (χ3n) is 4.09. The lowest BCUT2D eigenvalue weighted by Crippen LogP contribution is -2.20. The van der Waals surface area contributed by atoms with Crippen LogP contribution in [0.4, 0.5) is 4.39 Å². The van der Waals surface area contributed by atoms with Crippen LogP contribution in [-0.4, -0.2) is 11.2 Å². The number of hydrogen-bond acceptors (Lipinski definition) is 1. The van der Waals surface area contributed by atoms with Crippen molar-refractivity contribution in [1.82, 2.24) is 0 Å². The molecule has 1 aliphatic carbocycles. The van der Waals surface area contributed by atoms with Crippen molar-refractivity contribution in [2.24, 2.45) is 0 Å². The van der Waals surface area contributed by atoms with Gasteiger partial charge in [0.2, 0.25) is 0 Å². The maximum absolute atomic E-state index is 13.8. The molecule has 0 spiro atoms. The van der Waals surface area contributed by atoms with Crippen LogP contribution in [-0.2, 0) is 12.8 Å². The Morgan fingerprint density at radius 1 is 1.25 bits per heavy atom. The highest BCUT2D eigenvalue weighted by atomic mass is 35.5. The smallest absolute Gasteiger partial charge is 0.127 e. The summed E-state index contributed by atoms with van der Waals surface area (Å²) in [6, 6.07) is 12.8. The largest absolute Gasteiger partial charge is 0.392 e. The molecule has 1 aliphatic rings. The molecule has 0 aliphatic heterocycles. The normalized spacial score (nSPS) is 18.9. The Kier molecular flexibility index (Phi) is 3.77. The second-order valence-corrected chi connectivity index (χ2v) is 5.79. The molecule has 0 bridgehead atoms. The molecule has 0 fully saturated rings. The molecule has 0 saturated heterocycles. The van der Waals surface area contributed by atoms with Crippen LogP contribution in [0.1, 0.15) is 29.0 Å². The summed E-state index contributed by atoms with van der Waals surface area (Å²) in [6.45, 7) is 0. The van der Waals surface area contributed by atoms with E-state index in [-0.39, 0.29) is 11.7 Å². The first-order chi connectivity index (χ1) is 9.65. The molecule has 1 nitrogen and oxygen atoms in total. The SMILES string of the molecule is OC(Cc1ccc(Cl)cc1F)C1CCc2ccccc21. The standard InChI is InChI=1S/C17H16ClFO/c18-13-7-5-12(16(19)10-13)9-17(20)15-8-6-11-3-1-2-4-14(11)15/h1-5,7,10,15,17,20H,6,8-9H2. The number of aliphatic hydroxyl groups excluding tert-OH is 1. The molecule has 3 heteroatoms. The summed E-state index contributed by atoms with van der Waals surface area (Å²) in [7, 11) is 0. The van der Waals surface area contributed by atoms with Crippen LogP contribution in [0.25, 0.3) is 0 Å². The van der Waals surface area contributed by atoms with Crippen LogP contribution in [0.15, 0.2) is 42.5 Å². The molecule has 2 aromatic rings. The van der Waals surface area contributed by atoms with E-state index < -0.39 is 6.10 Å². The molecule has 0 amide bonds. The first-order valence-corrected chi connectivity index (χ1v) is 7.23. The first-order valence-electron chi connectivity index (χ1n) is 6.85. The Hall–Kier alpha value is -1.38. The second-order valence-electron chi connectivity index (χ2n) is 5.35. The minimum atomic E-state index is -0.561. The number of halogens is 2. The van der Waals surface area contributed by atoms with Gasteiger partial charge in [-0.25, -0.2) is 4.39 Å². The number of aliphatic hydroxyl groups is 1. The van der Waals surface area contributed by atoms with Crippen LogP contribution in [0, 0.1) is 5.82 Å². The van der Waals surface area contributed by atoms with E-state index in [1.165, 1.54) is 17.2 Å². The van der Waals surface area contributed by atoms with Crippen LogP contribution in [0.3, 0.4) is 0 Å². The molecule has 3 rings (SSSR count). The van der Waals surface area contributed by atoms with E-state index >= 15 is 0 Å². The Balaban J connectivity index is 1.79. The maximum Gasteiger partial charge on any atom is 0.127 e. The molecular weight excluding hydrogens is 275 g/mol. The third-order valence-corrected chi connectivity index (χ3v) is 4.32. The molecule has 2 unspecified atom stereocenters. The monoisotopic (exact) mass is 290 g/mol. The summed E-state index contributed by atoms with van der Waals surface area (Å²) in [5, 5.41) is 10.8. The summed E-state index contributed by atoms with van der Waals surface area (Å²) in [6.07, 6.45) is 1.67. The fourth-order valence-electron chi connectivity index (χ4n) is 3.04. The van der Waals surface area contributed by atoms with Crippen LogP contribution < -0.4 is 0 Å². The third kappa shape index (κ3) is 2.58. The van der Waals surface area contributed by atoms with Gasteiger partial charge in [0.25, 0.3) is 0 Å². The molecule has 2 aromatic carbocycles.